The molecule has 0 N–H and O–H groups in total. The molecule has 0 unspecified atom stereocenters. The maximum absolute atomic E-state index is 6.88. The maximum atomic E-state index is 6.88. The van der Waals surface area contributed by atoms with E-state index in [1.165, 1.54) is 43.8 Å². The van der Waals surface area contributed by atoms with E-state index in [2.05, 4.69) is 104 Å². The summed E-state index contributed by atoms with van der Waals surface area (Å²) < 4.78 is 6.88. The Morgan fingerprint density at radius 1 is 0.735 bits per heavy atom. The monoisotopic (exact) mass is 447 g/mol. The summed E-state index contributed by atoms with van der Waals surface area (Å²) >= 11 is 0. The molecule has 0 fully saturated rings. The minimum atomic E-state index is -0.218. The van der Waals surface area contributed by atoms with E-state index in [4.69, 9.17) is 9.40 Å². The van der Waals surface area contributed by atoms with E-state index in [9.17, 15) is 0 Å². The van der Waals surface area contributed by atoms with Gasteiger partial charge in [-0.2, -0.15) is 0 Å². The van der Waals surface area contributed by atoms with Gasteiger partial charge in [0, 0.05) is 33.7 Å². The molecule has 0 spiro atoms. The molecule has 0 radical (unpaired) electrons. The Balaban J connectivity index is 1.92. The number of rotatable bonds is 0. The summed E-state index contributed by atoms with van der Waals surface area (Å²) in [6.45, 7) is 18.3. The molecule has 5 aromatic rings. The number of fused-ring (bicyclic) bond motifs is 4. The van der Waals surface area contributed by atoms with E-state index in [0.29, 0.717) is 0 Å². The molecule has 3 aromatic carbocycles. The third-order valence-electron chi connectivity index (χ3n) is 7.74. The average Bonchev–Trinajstić information content (AvgIpc) is 3.11. The fourth-order valence-electron chi connectivity index (χ4n) is 6.00. The highest BCUT2D eigenvalue weighted by molar-refractivity contribution is 6.17. The molecule has 0 amide bonds. The van der Waals surface area contributed by atoms with Crippen molar-refractivity contribution in [2.45, 2.75) is 71.6 Å². The molecule has 0 atom stereocenters. The highest BCUT2D eigenvalue weighted by atomic mass is 16.3. The smallest absolute Gasteiger partial charge is 0.142 e. The lowest BCUT2D eigenvalue weighted by Crippen LogP contribution is -2.21. The Labute approximate surface area is 202 Å². The zero-order valence-electron chi connectivity index (χ0n) is 21.6. The first-order valence-electron chi connectivity index (χ1n) is 12.3. The molecular formula is C32H33NO. The molecule has 34 heavy (non-hydrogen) atoms. The molecule has 2 heteroatoms. The molecule has 2 heterocycles. The minimum absolute atomic E-state index is 0.0299. The Kier molecular flexibility index (Phi) is 4.09. The summed E-state index contributed by atoms with van der Waals surface area (Å²) in [5, 5.41) is 4.98. The van der Waals surface area contributed by atoms with Crippen LogP contribution in [0, 0.1) is 0 Å². The number of hydrogen-bond acceptors (Lipinski definition) is 2. The van der Waals surface area contributed by atoms with Crippen molar-refractivity contribution in [3.05, 3.63) is 77.0 Å². The van der Waals surface area contributed by atoms with Gasteiger partial charge in [0.05, 0.1) is 11.1 Å². The second-order valence-electron chi connectivity index (χ2n) is 12.5. The van der Waals surface area contributed by atoms with Crippen LogP contribution in [-0.2, 0) is 16.2 Å². The van der Waals surface area contributed by atoms with Crippen molar-refractivity contribution in [3.8, 4) is 11.3 Å². The zero-order valence-corrected chi connectivity index (χ0v) is 21.6. The Hall–Kier alpha value is -3.13. The van der Waals surface area contributed by atoms with Gasteiger partial charge >= 0.3 is 0 Å². The SMILES string of the molecule is CC(C)(C)c1ccc2c3c1oc1c(C(C)(C)C)cnc(c13)-c1ccc3ccccc3c1C2(C)C. The van der Waals surface area contributed by atoms with Crippen LogP contribution >= 0.6 is 0 Å². The summed E-state index contributed by atoms with van der Waals surface area (Å²) in [6.07, 6.45) is 2.05. The molecule has 172 valence electrons. The molecule has 0 saturated heterocycles. The molecule has 1 aliphatic rings. The number of benzene rings is 3. The van der Waals surface area contributed by atoms with Gasteiger partial charge in [-0.1, -0.05) is 104 Å². The van der Waals surface area contributed by atoms with Crippen LogP contribution in [-0.4, -0.2) is 4.98 Å². The van der Waals surface area contributed by atoms with Crippen LogP contribution in [0.4, 0.5) is 0 Å². The summed E-state index contributed by atoms with van der Waals surface area (Å²) in [7, 11) is 0. The third-order valence-corrected chi connectivity index (χ3v) is 7.74. The molecule has 0 bridgehead atoms. The van der Waals surface area contributed by atoms with Gasteiger partial charge in [0.25, 0.3) is 0 Å². The lowest BCUT2D eigenvalue weighted by Gasteiger charge is -2.30. The van der Waals surface area contributed by atoms with Crippen LogP contribution in [0.3, 0.4) is 0 Å². The van der Waals surface area contributed by atoms with Crippen LogP contribution < -0.4 is 0 Å². The predicted octanol–water partition coefficient (Wildman–Crippen LogP) is 9.04. The topological polar surface area (TPSA) is 26.0 Å². The Morgan fingerprint density at radius 3 is 2.12 bits per heavy atom. The Bertz CT molecular complexity index is 1630. The van der Waals surface area contributed by atoms with E-state index >= 15 is 0 Å². The van der Waals surface area contributed by atoms with Gasteiger partial charge < -0.3 is 4.42 Å². The zero-order chi connectivity index (χ0) is 24.2. The van der Waals surface area contributed by atoms with Gasteiger partial charge in [0.2, 0.25) is 0 Å². The van der Waals surface area contributed by atoms with Crippen molar-refractivity contribution in [3.63, 3.8) is 0 Å². The number of aromatic nitrogens is 1. The first kappa shape index (κ1) is 21.4. The lowest BCUT2D eigenvalue weighted by atomic mass is 9.73. The van der Waals surface area contributed by atoms with Crippen molar-refractivity contribution in [1.82, 2.24) is 4.98 Å². The highest BCUT2D eigenvalue weighted by Crippen LogP contribution is 2.53. The molecular weight excluding hydrogens is 414 g/mol. The Morgan fingerprint density at radius 2 is 1.41 bits per heavy atom. The number of nitrogens with zero attached hydrogens (tertiary/aromatic N) is 1. The number of furan rings is 1. The fourth-order valence-corrected chi connectivity index (χ4v) is 6.00. The van der Waals surface area contributed by atoms with Crippen molar-refractivity contribution >= 4 is 32.7 Å². The summed E-state index contributed by atoms with van der Waals surface area (Å²) in [6, 6.07) is 17.9. The van der Waals surface area contributed by atoms with Gasteiger partial charge in [0.15, 0.2) is 0 Å². The van der Waals surface area contributed by atoms with Crippen LogP contribution in [0.1, 0.15) is 77.6 Å². The van der Waals surface area contributed by atoms with Gasteiger partial charge in [-0.25, -0.2) is 0 Å². The van der Waals surface area contributed by atoms with Crippen LogP contribution in [0.15, 0.2) is 59.1 Å². The molecule has 1 aliphatic carbocycles. The number of pyridine rings is 1. The highest BCUT2D eigenvalue weighted by Gasteiger charge is 2.38. The van der Waals surface area contributed by atoms with E-state index in [1.54, 1.807) is 0 Å². The average molecular weight is 448 g/mol. The lowest BCUT2D eigenvalue weighted by molar-refractivity contribution is 0.554. The standard InChI is InChI=1S/C32H33NO/c1-30(2,3)22-16-15-21-24-25-27(33-17-23(31(4,5)6)29(25)34-28(22)24)20-14-13-18-11-9-10-12-19(18)26(20)32(21,7)8/h9-17H,1-8H3. The van der Waals surface area contributed by atoms with Crippen LogP contribution in [0.25, 0.3) is 44.0 Å². The first-order valence-corrected chi connectivity index (χ1v) is 12.3. The normalized spacial score (nSPS) is 15.3. The second-order valence-corrected chi connectivity index (χ2v) is 12.5. The van der Waals surface area contributed by atoms with Gasteiger partial charge in [-0.15, -0.1) is 0 Å². The van der Waals surface area contributed by atoms with Crippen LogP contribution in [0.2, 0.25) is 0 Å². The number of hydrogen-bond donors (Lipinski definition) is 0. The predicted molar refractivity (Wildman–Crippen MR) is 144 cm³/mol. The van der Waals surface area contributed by atoms with E-state index in [0.717, 1.165) is 22.4 Å². The van der Waals surface area contributed by atoms with Crippen LogP contribution in [0.5, 0.6) is 0 Å². The molecule has 2 nitrogen and oxygen atoms in total. The second kappa shape index (κ2) is 6.50. The van der Waals surface area contributed by atoms with E-state index in [1.807, 2.05) is 6.20 Å². The molecule has 0 aliphatic heterocycles. The first-order chi connectivity index (χ1) is 15.9. The van der Waals surface area contributed by atoms with Crippen molar-refractivity contribution in [2.75, 3.05) is 0 Å². The molecule has 0 saturated carbocycles. The molecule has 2 aromatic heterocycles. The van der Waals surface area contributed by atoms with Gasteiger partial charge in [0.1, 0.15) is 11.2 Å². The van der Waals surface area contributed by atoms with Gasteiger partial charge in [-0.3, -0.25) is 4.98 Å². The fraction of sp³-hybridized carbons (Fsp3) is 0.344. The van der Waals surface area contributed by atoms with Gasteiger partial charge in [-0.05, 0) is 32.7 Å². The summed E-state index contributed by atoms with van der Waals surface area (Å²) in [4.78, 5) is 5.16. The largest absolute Gasteiger partial charge is 0.455 e. The van der Waals surface area contributed by atoms with Crippen molar-refractivity contribution in [2.24, 2.45) is 0 Å². The van der Waals surface area contributed by atoms with Crippen molar-refractivity contribution < 1.29 is 4.42 Å². The summed E-state index contributed by atoms with van der Waals surface area (Å²) in [5.41, 5.74) is 9.02. The quantitative estimate of drug-likeness (QED) is 0.237. The molecule has 6 rings (SSSR count). The van der Waals surface area contributed by atoms with E-state index in [-0.39, 0.29) is 16.2 Å². The maximum Gasteiger partial charge on any atom is 0.142 e. The van der Waals surface area contributed by atoms with E-state index < -0.39 is 0 Å². The van der Waals surface area contributed by atoms with Crippen molar-refractivity contribution in [1.29, 1.82) is 0 Å². The minimum Gasteiger partial charge on any atom is -0.455 e. The summed E-state index contributed by atoms with van der Waals surface area (Å²) in [5.74, 6) is 0. The third kappa shape index (κ3) is 2.72.